The molecule has 6 unspecified atom stereocenters. The van der Waals surface area contributed by atoms with Gasteiger partial charge < -0.3 is 0 Å². The predicted molar refractivity (Wildman–Crippen MR) is 571 cm³/mol. The molecular weight excluding hydrogens is 1500 g/mol. The van der Waals surface area contributed by atoms with Crippen molar-refractivity contribution in [2.75, 3.05) is 0 Å². The van der Waals surface area contributed by atoms with Gasteiger partial charge >= 0.3 is 0 Å². The molecule has 9 fully saturated rings. The van der Waals surface area contributed by atoms with Gasteiger partial charge in [-0.1, -0.05) is 457 Å². The Hall–Kier alpha value is -5.72. The fraction of sp³-hybridized carbons (Fsp3) is 0.648. The minimum absolute atomic E-state index is 0. The van der Waals surface area contributed by atoms with Crippen LogP contribution >= 0.6 is 0 Å². The second kappa shape index (κ2) is 62.5. The topological polar surface area (TPSA) is 0 Å². The second-order valence-electron chi connectivity index (χ2n) is 40.0. The highest BCUT2D eigenvalue weighted by Crippen LogP contribution is 2.63. The third-order valence-electron chi connectivity index (χ3n) is 30.8. The van der Waals surface area contributed by atoms with E-state index in [1.165, 1.54) is 253 Å². The molecule has 0 heterocycles. The van der Waals surface area contributed by atoms with Crippen molar-refractivity contribution >= 4 is 21.5 Å². The lowest BCUT2D eigenvalue weighted by Crippen LogP contribution is -2.24. The van der Waals surface area contributed by atoms with Crippen LogP contribution in [0.2, 0.25) is 0 Å². The number of hydrogen-bond donors (Lipinski definition) is 0. The number of aryl methyl sites for hydroxylation is 5. The fourth-order valence-electron chi connectivity index (χ4n) is 22.4. The number of hydrogen-bond acceptors (Lipinski definition) is 0. The molecule has 125 heavy (non-hydrogen) atoms. The van der Waals surface area contributed by atoms with Gasteiger partial charge in [0.25, 0.3) is 0 Å². The van der Waals surface area contributed by atoms with E-state index in [1.54, 1.807) is 57.8 Å². The van der Waals surface area contributed by atoms with Gasteiger partial charge in [0.15, 0.2) is 0 Å². The lowest BCUT2D eigenvalue weighted by Gasteiger charge is -2.36. The van der Waals surface area contributed by atoms with Crippen molar-refractivity contribution in [2.24, 2.45) is 101 Å². The Bertz CT molecular complexity index is 3810. The Morgan fingerprint density at radius 2 is 0.592 bits per heavy atom. The first kappa shape index (κ1) is 113. The molecule has 8 aromatic carbocycles. The van der Waals surface area contributed by atoms with Crippen LogP contribution in [0.4, 0.5) is 0 Å². The van der Waals surface area contributed by atoms with Crippen LogP contribution in [0.15, 0.2) is 158 Å². The van der Waals surface area contributed by atoms with Gasteiger partial charge in [0.1, 0.15) is 0 Å². The molecule has 0 saturated heterocycles. The molecule has 9 aliphatic carbocycles. The maximum Gasteiger partial charge on any atom is 0 e. The molecule has 704 valence electrons. The number of rotatable bonds is 11. The van der Waals surface area contributed by atoms with Gasteiger partial charge in [-0.3, -0.25) is 0 Å². The van der Waals surface area contributed by atoms with Crippen LogP contribution in [0, 0.1) is 149 Å². The average Bonchev–Trinajstić information content (AvgIpc) is 1.59. The maximum absolute atomic E-state index is 2.43. The smallest absolute Gasteiger partial charge is 0 e. The lowest BCUT2D eigenvalue weighted by atomic mass is 9.70. The SMILES string of the molecule is C.C.CC.CC.CC.CC.CC.CC.CC1CCC(C)CC1.CC1CCC(C2CCC(C)CC2)CC1.CC1CCC(CC2CCC(C)CC2)CC1.CCC1CC2C3CC(CC)C(C3)C2C1.Cc1ccc(-c2ccc(C3CCC(C)CC3)cc2)c(C)c1C.Cc1ccc(Cc2ccc(Cc3ccc(C)cc3)cc2)cc1.Cc1ccc2cc3cc(C)ccc3cc2c1.[HH]. The predicted octanol–water partition coefficient (Wildman–Crippen LogP) is 40.9. The zero-order chi connectivity index (χ0) is 90.5. The first-order valence-corrected chi connectivity index (χ1v) is 52.8. The van der Waals surface area contributed by atoms with Crippen LogP contribution < -0.4 is 0 Å². The molecule has 9 saturated carbocycles. The summed E-state index contributed by atoms with van der Waals surface area (Å²) >= 11 is 0. The van der Waals surface area contributed by atoms with E-state index in [0.717, 1.165) is 108 Å². The molecule has 0 nitrogen and oxygen atoms in total. The van der Waals surface area contributed by atoms with Gasteiger partial charge in [-0.2, -0.15) is 0 Å². The van der Waals surface area contributed by atoms with Crippen LogP contribution in [-0.4, -0.2) is 0 Å². The molecule has 9 aliphatic rings. The molecule has 0 radical (unpaired) electrons. The van der Waals surface area contributed by atoms with Gasteiger partial charge in [-0.05, 0) is 328 Å². The van der Waals surface area contributed by atoms with Crippen LogP contribution in [-0.2, 0) is 12.8 Å². The Labute approximate surface area is 780 Å². The molecule has 0 heteroatoms. The van der Waals surface area contributed by atoms with Gasteiger partial charge in [-0.15, -0.1) is 0 Å². The first-order valence-electron chi connectivity index (χ1n) is 52.8. The monoisotopic (exact) mass is 1710 g/mol. The Kier molecular flexibility index (Phi) is 56.8. The molecule has 6 atom stereocenters. The Morgan fingerprint density at radius 3 is 0.952 bits per heavy atom. The highest BCUT2D eigenvalue weighted by atomic mass is 14.6. The lowest BCUT2D eigenvalue weighted by molar-refractivity contribution is 0.155. The minimum atomic E-state index is 0. The minimum Gasteiger partial charge on any atom is -0.0776 e. The fourth-order valence-corrected chi connectivity index (χ4v) is 22.4. The van der Waals surface area contributed by atoms with E-state index in [-0.39, 0.29) is 16.3 Å². The Morgan fingerprint density at radius 1 is 0.264 bits per heavy atom. The highest BCUT2D eigenvalue weighted by Gasteiger charge is 2.54. The number of fused-ring (bicyclic) bond motifs is 7. The van der Waals surface area contributed by atoms with Crippen molar-refractivity contribution in [3.63, 3.8) is 0 Å². The third kappa shape index (κ3) is 38.0. The van der Waals surface area contributed by atoms with Gasteiger partial charge in [-0.25, -0.2) is 0 Å². The molecular formula is C125H204. The Balaban J connectivity index is 0.000000492. The van der Waals surface area contributed by atoms with Gasteiger partial charge in [0, 0.05) is 1.43 Å². The average molecular weight is 1710 g/mol. The van der Waals surface area contributed by atoms with E-state index in [1.807, 2.05) is 83.1 Å². The molecule has 0 aromatic heterocycles. The van der Waals surface area contributed by atoms with Crippen LogP contribution in [0.5, 0.6) is 0 Å². The normalized spacial score (nSPS) is 26.3. The van der Waals surface area contributed by atoms with E-state index < -0.39 is 0 Å². The summed E-state index contributed by atoms with van der Waals surface area (Å²) in [4.78, 5) is 0. The third-order valence-corrected chi connectivity index (χ3v) is 30.8. The van der Waals surface area contributed by atoms with E-state index in [2.05, 4.69) is 269 Å². The molecule has 8 aromatic rings. The van der Waals surface area contributed by atoms with Gasteiger partial charge in [0.05, 0.1) is 0 Å². The molecule has 17 rings (SSSR count). The first-order chi connectivity index (χ1) is 59.6. The zero-order valence-electron chi connectivity index (χ0n) is 85.7. The largest absolute Gasteiger partial charge is 0.0776 e. The number of benzene rings is 8. The summed E-state index contributed by atoms with van der Waals surface area (Å²) in [5.41, 5.74) is 19.3. The highest BCUT2D eigenvalue weighted by molar-refractivity contribution is 5.98. The molecule has 0 spiro atoms. The summed E-state index contributed by atoms with van der Waals surface area (Å²) in [6.07, 6.45) is 48.7. The maximum atomic E-state index is 2.43. The molecule has 2 bridgehead atoms. The van der Waals surface area contributed by atoms with Crippen LogP contribution in [0.25, 0.3) is 32.7 Å². The van der Waals surface area contributed by atoms with E-state index in [4.69, 9.17) is 0 Å². The van der Waals surface area contributed by atoms with Crippen molar-refractivity contribution in [1.29, 1.82) is 0 Å². The summed E-state index contributed by atoms with van der Waals surface area (Å²) in [5, 5.41) is 5.31. The van der Waals surface area contributed by atoms with E-state index in [9.17, 15) is 0 Å². The quantitative estimate of drug-likeness (QED) is 0.113. The van der Waals surface area contributed by atoms with E-state index in [0.29, 0.717) is 0 Å². The summed E-state index contributed by atoms with van der Waals surface area (Å²) in [7, 11) is 0. The standard InChI is InChI=1S/C22H28.C22H22.C16H14.C15H28.C14H24.C14H26.C8H16.6C2H6.2CH4.H2/c1-15-5-8-19(9-6-15)20-10-12-21(13-11-20)22-14-7-16(2)17(3)18(22)4;1-17-3-7-19(8-4-17)15-21-11-13-22(14-12-21)16-20-9-5-18(2)6-10-20;1-11-3-5-13-10-16-8-12(2)4-6-14(16)9-15(13)7-11;1-12-3-7-14(8-4-12)11-15-9-5-13(2)6-10-15;1-3-9-5-12-11-7-10(4-2)13(8-11)14(12)6-9;1-11-3-7-13(8-4-11)14-9-5-12(2)6-10-14;1-7-3-5-8(2)6-4-7;6*1-2;;;/h7,10-15,19H,5-6,8-9H2,1-4H3;3-14H,15-16H2,1-2H3;3-10H,1-2H3;12-15H,3-11H2,1-2H3;9-14H,3-8H2,1-2H3;11-14H,3-10H2,1-2H3;7-8H,3-6H2,1-2H3;6*1-2H3;2*1H4;1H. The van der Waals surface area contributed by atoms with Crippen molar-refractivity contribution in [3.8, 4) is 11.1 Å². The summed E-state index contributed by atoms with van der Waals surface area (Å²) in [6.45, 7) is 60.8. The van der Waals surface area contributed by atoms with Crippen LogP contribution in [0.3, 0.4) is 0 Å². The van der Waals surface area contributed by atoms with E-state index >= 15 is 0 Å². The van der Waals surface area contributed by atoms with Crippen molar-refractivity contribution < 1.29 is 1.43 Å². The van der Waals surface area contributed by atoms with Crippen LogP contribution in [0.1, 0.15) is 433 Å². The summed E-state index contributed by atoms with van der Waals surface area (Å²) < 4.78 is 0. The van der Waals surface area contributed by atoms with Gasteiger partial charge in [0.2, 0.25) is 0 Å². The van der Waals surface area contributed by atoms with Crippen molar-refractivity contribution in [3.05, 3.63) is 224 Å². The van der Waals surface area contributed by atoms with Crippen molar-refractivity contribution in [2.45, 2.75) is 427 Å². The molecule has 0 amide bonds. The van der Waals surface area contributed by atoms with Crippen molar-refractivity contribution in [1.82, 2.24) is 0 Å². The molecule has 0 N–H and O–H groups in total. The molecule has 0 aliphatic heterocycles. The summed E-state index contributed by atoms with van der Waals surface area (Å²) in [5.74, 6) is 19.1. The summed E-state index contributed by atoms with van der Waals surface area (Å²) in [6, 6.07) is 58.3. The second-order valence-corrected chi connectivity index (χ2v) is 40.0. The zero-order valence-corrected chi connectivity index (χ0v) is 85.7.